The highest BCUT2D eigenvalue weighted by molar-refractivity contribution is 8.26. The molecule has 9 heteroatoms. The van der Waals surface area contributed by atoms with Crippen LogP contribution in [-0.2, 0) is 9.59 Å². The number of pyridine rings is 1. The van der Waals surface area contributed by atoms with E-state index in [0.717, 1.165) is 0 Å². The van der Waals surface area contributed by atoms with E-state index < -0.39 is 11.8 Å². The molecule has 156 valence electrons. The molecule has 2 aromatic rings. The quantitative estimate of drug-likeness (QED) is 0.270. The predicted octanol–water partition coefficient (Wildman–Crippen LogP) is 4.32. The van der Waals surface area contributed by atoms with Gasteiger partial charge in [0.15, 0.2) is 0 Å². The number of nitrogens with zero attached hydrogens (tertiary/aromatic N) is 2. The molecule has 0 aliphatic carbocycles. The van der Waals surface area contributed by atoms with E-state index in [9.17, 15) is 14.0 Å². The lowest BCUT2D eigenvalue weighted by Gasteiger charge is -2.13. The van der Waals surface area contributed by atoms with E-state index in [-0.39, 0.29) is 18.0 Å². The molecule has 0 radical (unpaired) electrons. The molecule has 6 nitrogen and oxygen atoms in total. The lowest BCUT2D eigenvalue weighted by Crippen LogP contribution is -2.29. The molecule has 1 amide bonds. The zero-order chi connectivity index (χ0) is 21.7. The third-order valence-corrected chi connectivity index (χ3v) is 5.87. The van der Waals surface area contributed by atoms with Crippen molar-refractivity contribution < 1.29 is 19.1 Å². The van der Waals surface area contributed by atoms with Crippen molar-refractivity contribution >= 4 is 51.9 Å². The van der Waals surface area contributed by atoms with Crippen molar-refractivity contribution in [2.45, 2.75) is 25.7 Å². The Labute approximate surface area is 183 Å². The van der Waals surface area contributed by atoms with Gasteiger partial charge in [-0.2, -0.15) is 0 Å². The fraction of sp³-hybridized carbons (Fsp3) is 0.238. The van der Waals surface area contributed by atoms with Crippen LogP contribution in [0.1, 0.15) is 31.4 Å². The molecule has 1 aromatic heterocycles. The van der Waals surface area contributed by atoms with Gasteiger partial charge in [-0.15, -0.1) is 0 Å². The van der Waals surface area contributed by atoms with Crippen LogP contribution in [0, 0.1) is 5.82 Å². The molecule has 0 bridgehead atoms. The predicted molar refractivity (Wildman–Crippen MR) is 120 cm³/mol. The number of aliphatic carboxylic acids is 1. The summed E-state index contributed by atoms with van der Waals surface area (Å²) in [6, 6.07) is 9.80. The van der Waals surface area contributed by atoms with Crippen LogP contribution in [0.3, 0.4) is 0 Å². The molecule has 3 N–H and O–H groups in total. The SMILES string of the molecule is Nc1ccc(-c2cccc(/C=C3\SC(=S)N(CCCCCC(=O)O)C3=O)n2)cc1F. The van der Waals surface area contributed by atoms with Crippen molar-refractivity contribution in [3.8, 4) is 11.3 Å². The summed E-state index contributed by atoms with van der Waals surface area (Å²) < 4.78 is 14.2. The topological polar surface area (TPSA) is 96.5 Å². The maximum Gasteiger partial charge on any atom is 0.303 e. The Bertz CT molecular complexity index is 1030. The lowest BCUT2D eigenvalue weighted by molar-refractivity contribution is -0.137. The highest BCUT2D eigenvalue weighted by Crippen LogP contribution is 2.33. The van der Waals surface area contributed by atoms with Crippen molar-refractivity contribution in [2.24, 2.45) is 0 Å². The first-order chi connectivity index (χ1) is 14.3. The summed E-state index contributed by atoms with van der Waals surface area (Å²) in [7, 11) is 0. The number of nitrogen functional groups attached to an aromatic ring is 1. The fourth-order valence-corrected chi connectivity index (χ4v) is 4.22. The number of amides is 1. The summed E-state index contributed by atoms with van der Waals surface area (Å²) in [5, 5.41) is 8.68. The summed E-state index contributed by atoms with van der Waals surface area (Å²) in [6.07, 6.45) is 3.76. The molecular formula is C21H20FN3O3S2. The van der Waals surface area contributed by atoms with Crippen molar-refractivity contribution in [1.82, 2.24) is 9.88 Å². The maximum absolute atomic E-state index is 13.8. The normalized spacial score (nSPS) is 15.2. The molecule has 1 saturated heterocycles. The minimum atomic E-state index is -0.819. The monoisotopic (exact) mass is 445 g/mol. The van der Waals surface area contributed by atoms with Crippen molar-refractivity contribution in [1.29, 1.82) is 0 Å². The molecule has 0 atom stereocenters. The van der Waals surface area contributed by atoms with Crippen LogP contribution in [0.15, 0.2) is 41.3 Å². The number of carboxylic acid groups (broad SMARTS) is 1. The first-order valence-corrected chi connectivity index (χ1v) is 10.6. The summed E-state index contributed by atoms with van der Waals surface area (Å²) in [4.78, 5) is 29.8. The molecule has 1 fully saturated rings. The van der Waals surface area contributed by atoms with Crippen LogP contribution in [0.4, 0.5) is 10.1 Å². The number of rotatable bonds is 8. The number of carboxylic acids is 1. The zero-order valence-electron chi connectivity index (χ0n) is 16.0. The fourth-order valence-electron chi connectivity index (χ4n) is 2.93. The Morgan fingerprint density at radius 2 is 2.07 bits per heavy atom. The highest BCUT2D eigenvalue weighted by Gasteiger charge is 2.31. The minimum Gasteiger partial charge on any atom is -0.481 e. The number of anilines is 1. The maximum atomic E-state index is 13.8. The third-order valence-electron chi connectivity index (χ3n) is 4.49. The van der Waals surface area contributed by atoms with E-state index in [1.54, 1.807) is 30.3 Å². The number of halogens is 1. The van der Waals surface area contributed by atoms with E-state index in [4.69, 9.17) is 23.1 Å². The Balaban J connectivity index is 1.69. The van der Waals surface area contributed by atoms with Crippen LogP contribution in [0.5, 0.6) is 0 Å². The second-order valence-electron chi connectivity index (χ2n) is 6.72. The second kappa shape index (κ2) is 9.82. The highest BCUT2D eigenvalue weighted by atomic mass is 32.2. The van der Waals surface area contributed by atoms with Gasteiger partial charge in [-0.05, 0) is 43.2 Å². The molecule has 0 saturated carbocycles. The van der Waals surface area contributed by atoms with Gasteiger partial charge in [-0.1, -0.05) is 42.5 Å². The van der Waals surface area contributed by atoms with Crippen molar-refractivity contribution in [3.63, 3.8) is 0 Å². The molecule has 2 heterocycles. The van der Waals surface area contributed by atoms with Gasteiger partial charge < -0.3 is 10.8 Å². The van der Waals surface area contributed by atoms with Crippen LogP contribution in [0.2, 0.25) is 0 Å². The molecule has 30 heavy (non-hydrogen) atoms. The summed E-state index contributed by atoms with van der Waals surface area (Å²) in [5.41, 5.74) is 7.31. The molecule has 3 rings (SSSR count). The largest absolute Gasteiger partial charge is 0.481 e. The van der Waals surface area contributed by atoms with E-state index >= 15 is 0 Å². The summed E-state index contributed by atoms with van der Waals surface area (Å²) >= 11 is 6.53. The van der Waals surface area contributed by atoms with E-state index in [1.165, 1.54) is 28.8 Å². The molecule has 1 aliphatic heterocycles. The van der Waals surface area contributed by atoms with Gasteiger partial charge in [0, 0.05) is 18.5 Å². The zero-order valence-corrected chi connectivity index (χ0v) is 17.6. The number of unbranched alkanes of at least 4 members (excludes halogenated alkanes) is 2. The Kier molecular flexibility index (Phi) is 7.17. The minimum absolute atomic E-state index is 0.0709. The van der Waals surface area contributed by atoms with E-state index in [1.807, 2.05) is 0 Å². The molecule has 0 spiro atoms. The summed E-state index contributed by atoms with van der Waals surface area (Å²) in [6.45, 7) is 0.458. The Morgan fingerprint density at radius 3 is 2.80 bits per heavy atom. The van der Waals surface area contributed by atoms with Crippen LogP contribution >= 0.6 is 24.0 Å². The first-order valence-electron chi connectivity index (χ1n) is 9.35. The number of hydrogen-bond donors (Lipinski definition) is 2. The molecule has 1 aliphatic rings. The number of carbonyl (C=O) groups excluding carboxylic acids is 1. The number of nitrogens with two attached hydrogens (primary N) is 1. The molecule has 0 unspecified atom stereocenters. The number of thioether (sulfide) groups is 1. The van der Waals surface area contributed by atoms with E-state index in [2.05, 4.69) is 4.98 Å². The van der Waals surface area contributed by atoms with Crippen LogP contribution in [-0.4, -0.2) is 37.7 Å². The van der Waals surface area contributed by atoms with Gasteiger partial charge in [-0.25, -0.2) is 9.37 Å². The first kappa shape index (κ1) is 21.9. The van der Waals surface area contributed by atoms with Crippen LogP contribution < -0.4 is 5.73 Å². The van der Waals surface area contributed by atoms with Crippen molar-refractivity contribution in [3.05, 3.63) is 52.8 Å². The van der Waals surface area contributed by atoms with Gasteiger partial charge in [0.25, 0.3) is 5.91 Å². The number of aromatic nitrogens is 1. The summed E-state index contributed by atoms with van der Waals surface area (Å²) in [5.74, 6) is -1.52. The number of thiocarbonyl (C=S) groups is 1. The van der Waals surface area contributed by atoms with Gasteiger partial charge in [0.1, 0.15) is 10.1 Å². The van der Waals surface area contributed by atoms with Gasteiger partial charge in [-0.3, -0.25) is 14.5 Å². The average Bonchev–Trinajstić information content (AvgIpc) is 2.97. The standard InChI is InChI=1S/C21H20FN3O3S2/c22-15-11-13(8-9-16(15)23)17-6-4-5-14(24-17)12-18-20(28)25(21(29)30-18)10-3-1-2-7-19(26)27/h4-6,8-9,11-12H,1-3,7,10,23H2,(H,26,27)/b18-12-. The smallest absolute Gasteiger partial charge is 0.303 e. The van der Waals surface area contributed by atoms with Gasteiger partial charge in [0.05, 0.1) is 22.0 Å². The van der Waals surface area contributed by atoms with Gasteiger partial charge in [0.2, 0.25) is 0 Å². The van der Waals surface area contributed by atoms with E-state index in [0.29, 0.717) is 52.0 Å². The average molecular weight is 446 g/mol. The van der Waals surface area contributed by atoms with Crippen molar-refractivity contribution in [2.75, 3.05) is 12.3 Å². The number of benzene rings is 1. The Morgan fingerprint density at radius 1 is 1.27 bits per heavy atom. The second-order valence-corrected chi connectivity index (χ2v) is 8.40. The number of hydrogen-bond acceptors (Lipinski definition) is 6. The molecular weight excluding hydrogens is 425 g/mol. The third kappa shape index (κ3) is 5.43. The number of carbonyl (C=O) groups is 2. The van der Waals surface area contributed by atoms with Gasteiger partial charge >= 0.3 is 5.97 Å². The molecule has 1 aromatic carbocycles. The Hall–Kier alpha value is -2.78. The lowest BCUT2D eigenvalue weighted by atomic mass is 10.1. The van der Waals surface area contributed by atoms with Crippen LogP contribution in [0.25, 0.3) is 17.3 Å².